The Morgan fingerprint density at radius 1 is 1.29 bits per heavy atom. The number of hydrogen-bond donors (Lipinski definition) is 0. The Bertz CT molecular complexity index is 736. The Kier molecular flexibility index (Phi) is 4.07. The van der Waals surface area contributed by atoms with Gasteiger partial charge in [-0.1, -0.05) is 0 Å². The van der Waals surface area contributed by atoms with Crippen LogP contribution >= 0.6 is 0 Å². The second-order valence-electron chi connectivity index (χ2n) is 4.09. The molecule has 1 heterocycles. The first-order valence-corrected chi connectivity index (χ1v) is 5.91. The molecule has 0 bridgehead atoms. The number of aromatic nitrogens is 2. The summed E-state index contributed by atoms with van der Waals surface area (Å²) < 4.78 is 5.46. The molecular weight excluding hydrogens is 278 g/mol. The topological polar surface area (TPSA) is 104 Å². The maximum Gasteiger partial charge on any atom is 0.327 e. The molecule has 0 saturated carbocycles. The first-order chi connectivity index (χ1) is 10.0. The average Bonchev–Trinajstić information content (AvgIpc) is 2.49. The molecular formula is C13H11N3O5. The van der Waals surface area contributed by atoms with E-state index in [4.69, 9.17) is 0 Å². The number of carbonyl (C=O) groups is 1. The van der Waals surface area contributed by atoms with E-state index in [0.29, 0.717) is 11.3 Å². The lowest BCUT2D eigenvalue weighted by Gasteiger charge is -2.06. The van der Waals surface area contributed by atoms with Gasteiger partial charge in [0.1, 0.15) is 6.54 Å². The number of hydrogen-bond acceptors (Lipinski definition) is 6. The number of rotatable bonds is 4. The molecule has 0 fully saturated rings. The highest BCUT2D eigenvalue weighted by atomic mass is 16.6. The second-order valence-corrected chi connectivity index (χ2v) is 4.09. The molecule has 8 heteroatoms. The molecule has 1 aromatic carbocycles. The molecule has 0 saturated heterocycles. The number of nitro groups is 1. The molecule has 0 radical (unpaired) electrons. The first kappa shape index (κ1) is 14.4. The summed E-state index contributed by atoms with van der Waals surface area (Å²) in [5.41, 5.74) is 0.542. The van der Waals surface area contributed by atoms with Crippen molar-refractivity contribution in [1.82, 2.24) is 9.78 Å². The van der Waals surface area contributed by atoms with E-state index in [1.807, 2.05) is 0 Å². The number of nitro benzene ring substituents is 1. The summed E-state index contributed by atoms with van der Waals surface area (Å²) in [6, 6.07) is 8.48. The fraction of sp³-hybridized carbons (Fsp3) is 0.154. The molecule has 1 aromatic heterocycles. The van der Waals surface area contributed by atoms with Crippen LogP contribution in [0.1, 0.15) is 0 Å². The molecule has 2 aromatic rings. The van der Waals surface area contributed by atoms with E-state index in [1.54, 1.807) is 0 Å². The first-order valence-electron chi connectivity index (χ1n) is 5.91. The van der Waals surface area contributed by atoms with Crippen LogP contribution in [0.2, 0.25) is 0 Å². The SMILES string of the molecule is COC(=O)Cn1nc(-c2ccc([N+](=O)[O-])cc2)ccc1=O. The fourth-order valence-electron chi connectivity index (χ4n) is 1.66. The minimum atomic E-state index is -0.592. The monoisotopic (exact) mass is 289 g/mol. The van der Waals surface area contributed by atoms with Crippen LogP contribution in [0.3, 0.4) is 0 Å². The van der Waals surface area contributed by atoms with E-state index in [-0.39, 0.29) is 12.2 Å². The predicted molar refractivity (Wildman–Crippen MR) is 72.6 cm³/mol. The van der Waals surface area contributed by atoms with Gasteiger partial charge >= 0.3 is 5.97 Å². The summed E-state index contributed by atoms with van der Waals surface area (Å²) >= 11 is 0. The van der Waals surface area contributed by atoms with Gasteiger partial charge in [0.25, 0.3) is 11.2 Å². The van der Waals surface area contributed by atoms with Crippen molar-refractivity contribution in [2.75, 3.05) is 7.11 Å². The minimum absolute atomic E-state index is 0.0402. The van der Waals surface area contributed by atoms with Crippen LogP contribution in [0.4, 0.5) is 5.69 Å². The summed E-state index contributed by atoms with van der Waals surface area (Å²) in [7, 11) is 1.22. The molecule has 0 N–H and O–H groups in total. The van der Waals surface area contributed by atoms with Crippen LogP contribution in [0.15, 0.2) is 41.2 Å². The minimum Gasteiger partial charge on any atom is -0.468 e. The van der Waals surface area contributed by atoms with E-state index in [2.05, 4.69) is 9.84 Å². The highest BCUT2D eigenvalue weighted by molar-refractivity contribution is 5.69. The average molecular weight is 289 g/mol. The van der Waals surface area contributed by atoms with E-state index in [9.17, 15) is 19.7 Å². The number of non-ortho nitro benzene ring substituents is 1. The number of esters is 1. The Morgan fingerprint density at radius 2 is 1.95 bits per heavy atom. The Morgan fingerprint density at radius 3 is 2.52 bits per heavy atom. The van der Waals surface area contributed by atoms with Gasteiger partial charge in [-0.15, -0.1) is 0 Å². The number of benzene rings is 1. The molecule has 0 aliphatic rings. The number of ether oxygens (including phenoxy) is 1. The van der Waals surface area contributed by atoms with Crippen molar-refractivity contribution in [2.24, 2.45) is 0 Å². The smallest absolute Gasteiger partial charge is 0.327 e. The summed E-state index contributed by atoms with van der Waals surface area (Å²) in [4.78, 5) is 32.9. The fourth-order valence-corrected chi connectivity index (χ4v) is 1.66. The zero-order valence-corrected chi connectivity index (χ0v) is 11.1. The predicted octanol–water partition coefficient (Wildman–Crippen LogP) is 0.991. The van der Waals surface area contributed by atoms with Gasteiger partial charge in [-0.25, -0.2) is 4.68 Å². The van der Waals surface area contributed by atoms with E-state index >= 15 is 0 Å². The Balaban J connectivity index is 2.36. The van der Waals surface area contributed by atoms with Gasteiger partial charge in [0.05, 0.1) is 17.7 Å². The van der Waals surface area contributed by atoms with Crippen LogP contribution in [-0.4, -0.2) is 27.8 Å². The zero-order valence-electron chi connectivity index (χ0n) is 11.1. The Labute approximate surface area is 118 Å². The number of methoxy groups -OCH3 is 1. The Hall–Kier alpha value is -3.03. The molecule has 0 aliphatic carbocycles. The van der Waals surface area contributed by atoms with Crippen LogP contribution < -0.4 is 5.56 Å². The van der Waals surface area contributed by atoms with Gasteiger partial charge in [0.15, 0.2) is 0 Å². The largest absolute Gasteiger partial charge is 0.468 e. The highest BCUT2D eigenvalue weighted by Gasteiger charge is 2.09. The summed E-state index contributed by atoms with van der Waals surface area (Å²) in [6.45, 7) is -0.295. The maximum absolute atomic E-state index is 11.6. The van der Waals surface area contributed by atoms with Crippen molar-refractivity contribution in [3.05, 3.63) is 56.9 Å². The van der Waals surface area contributed by atoms with Gasteiger partial charge < -0.3 is 4.74 Å². The summed E-state index contributed by atoms with van der Waals surface area (Å²) in [5.74, 6) is -0.592. The molecule has 8 nitrogen and oxygen atoms in total. The van der Waals surface area contributed by atoms with Crippen molar-refractivity contribution in [2.45, 2.75) is 6.54 Å². The van der Waals surface area contributed by atoms with Gasteiger partial charge in [0, 0.05) is 23.8 Å². The lowest BCUT2D eigenvalue weighted by molar-refractivity contribution is -0.384. The quantitative estimate of drug-likeness (QED) is 0.472. The lowest BCUT2D eigenvalue weighted by atomic mass is 10.1. The van der Waals surface area contributed by atoms with Gasteiger partial charge in [-0.05, 0) is 18.2 Å². The van der Waals surface area contributed by atoms with Crippen LogP contribution in [0.25, 0.3) is 11.3 Å². The van der Waals surface area contributed by atoms with Crippen LogP contribution in [0, 0.1) is 10.1 Å². The summed E-state index contributed by atoms with van der Waals surface area (Å²) in [5, 5.41) is 14.6. The molecule has 2 rings (SSSR count). The molecule has 0 atom stereocenters. The third kappa shape index (κ3) is 3.30. The number of nitrogens with zero attached hydrogens (tertiary/aromatic N) is 3. The molecule has 21 heavy (non-hydrogen) atoms. The van der Waals surface area contributed by atoms with E-state index in [1.165, 1.54) is 43.5 Å². The van der Waals surface area contributed by atoms with E-state index < -0.39 is 16.5 Å². The molecule has 0 spiro atoms. The van der Waals surface area contributed by atoms with Crippen molar-refractivity contribution < 1.29 is 14.5 Å². The van der Waals surface area contributed by atoms with Crippen molar-refractivity contribution in [1.29, 1.82) is 0 Å². The molecule has 0 aliphatic heterocycles. The molecule has 0 unspecified atom stereocenters. The lowest BCUT2D eigenvalue weighted by Crippen LogP contribution is -2.26. The molecule has 0 amide bonds. The van der Waals surface area contributed by atoms with Crippen LogP contribution in [0.5, 0.6) is 0 Å². The van der Waals surface area contributed by atoms with Gasteiger partial charge in [-0.3, -0.25) is 19.7 Å². The van der Waals surface area contributed by atoms with Gasteiger partial charge in [0.2, 0.25) is 0 Å². The van der Waals surface area contributed by atoms with Crippen molar-refractivity contribution in [3.8, 4) is 11.3 Å². The second kappa shape index (κ2) is 5.95. The summed E-state index contributed by atoms with van der Waals surface area (Å²) in [6.07, 6.45) is 0. The van der Waals surface area contributed by atoms with Crippen molar-refractivity contribution >= 4 is 11.7 Å². The normalized spacial score (nSPS) is 10.1. The van der Waals surface area contributed by atoms with Gasteiger partial charge in [-0.2, -0.15) is 5.10 Å². The van der Waals surface area contributed by atoms with E-state index in [0.717, 1.165) is 4.68 Å². The highest BCUT2D eigenvalue weighted by Crippen LogP contribution is 2.19. The number of carbonyl (C=O) groups excluding carboxylic acids is 1. The maximum atomic E-state index is 11.6. The zero-order chi connectivity index (χ0) is 15.4. The standard InChI is InChI=1S/C13H11N3O5/c1-21-13(18)8-15-12(17)7-6-11(14-15)9-2-4-10(5-3-9)16(19)20/h2-7H,8H2,1H3. The van der Waals surface area contributed by atoms with Crippen LogP contribution in [-0.2, 0) is 16.1 Å². The third-order valence-corrected chi connectivity index (χ3v) is 2.75. The third-order valence-electron chi connectivity index (χ3n) is 2.75. The van der Waals surface area contributed by atoms with Crippen molar-refractivity contribution in [3.63, 3.8) is 0 Å². The molecule has 108 valence electrons.